The second-order valence-electron chi connectivity index (χ2n) is 5.55. The SMILES string of the molecule is COCCN(C)CCNC1CCOC(C)(C)C1. The Morgan fingerprint density at radius 2 is 2.18 bits per heavy atom. The molecule has 0 bridgehead atoms. The van der Waals surface area contributed by atoms with Crippen molar-refractivity contribution < 1.29 is 9.47 Å². The van der Waals surface area contributed by atoms with Crippen LogP contribution >= 0.6 is 0 Å². The van der Waals surface area contributed by atoms with Crippen molar-refractivity contribution in [1.82, 2.24) is 10.2 Å². The second kappa shape index (κ2) is 7.31. The third kappa shape index (κ3) is 6.36. The third-order valence-corrected chi connectivity index (χ3v) is 3.30. The van der Waals surface area contributed by atoms with Gasteiger partial charge in [-0.2, -0.15) is 0 Å². The lowest BCUT2D eigenvalue weighted by Crippen LogP contribution is -2.45. The molecule has 0 aliphatic carbocycles. The summed E-state index contributed by atoms with van der Waals surface area (Å²) in [7, 11) is 3.88. The number of ether oxygens (including phenoxy) is 2. The summed E-state index contributed by atoms with van der Waals surface area (Å²) < 4.78 is 10.8. The zero-order chi connectivity index (χ0) is 12.7. The van der Waals surface area contributed by atoms with Gasteiger partial charge in [0, 0.05) is 39.4 Å². The van der Waals surface area contributed by atoms with Crippen molar-refractivity contribution in [2.75, 3.05) is 47.0 Å². The molecule has 0 aromatic carbocycles. The van der Waals surface area contributed by atoms with Crippen molar-refractivity contribution in [3.63, 3.8) is 0 Å². The van der Waals surface area contributed by atoms with E-state index in [4.69, 9.17) is 9.47 Å². The molecule has 0 amide bonds. The fourth-order valence-corrected chi connectivity index (χ4v) is 2.22. The maximum absolute atomic E-state index is 5.71. The quantitative estimate of drug-likeness (QED) is 0.727. The minimum absolute atomic E-state index is 0.0396. The molecule has 4 heteroatoms. The van der Waals surface area contributed by atoms with E-state index in [9.17, 15) is 0 Å². The number of likely N-dealkylation sites (N-methyl/N-ethyl adjacent to an activating group) is 1. The fraction of sp³-hybridized carbons (Fsp3) is 1.00. The summed E-state index contributed by atoms with van der Waals surface area (Å²) in [4.78, 5) is 2.29. The summed E-state index contributed by atoms with van der Waals surface area (Å²) in [6, 6.07) is 0.606. The zero-order valence-corrected chi connectivity index (χ0v) is 11.8. The van der Waals surface area contributed by atoms with Crippen LogP contribution in [0.25, 0.3) is 0 Å². The number of methoxy groups -OCH3 is 1. The van der Waals surface area contributed by atoms with Crippen LogP contribution in [0.2, 0.25) is 0 Å². The van der Waals surface area contributed by atoms with Crippen LogP contribution in [-0.4, -0.2) is 63.5 Å². The number of hydrogen-bond acceptors (Lipinski definition) is 4. The smallest absolute Gasteiger partial charge is 0.0641 e. The van der Waals surface area contributed by atoms with Gasteiger partial charge in [0.25, 0.3) is 0 Å². The summed E-state index contributed by atoms with van der Waals surface area (Å²) in [6.45, 7) is 9.14. The predicted molar refractivity (Wildman–Crippen MR) is 70.4 cm³/mol. The van der Waals surface area contributed by atoms with E-state index in [0.29, 0.717) is 6.04 Å². The van der Waals surface area contributed by atoms with E-state index in [1.807, 2.05) is 0 Å². The van der Waals surface area contributed by atoms with Crippen molar-refractivity contribution in [2.24, 2.45) is 0 Å². The maximum atomic E-state index is 5.71. The first-order chi connectivity index (χ1) is 8.03. The molecule has 1 aliphatic rings. The molecule has 0 spiro atoms. The van der Waals surface area contributed by atoms with Gasteiger partial charge in [-0.3, -0.25) is 0 Å². The Kier molecular flexibility index (Phi) is 6.41. The number of nitrogens with zero attached hydrogens (tertiary/aromatic N) is 1. The standard InChI is InChI=1S/C13H28N2O2/c1-13(2)11-12(5-9-17-13)14-6-7-15(3)8-10-16-4/h12,14H,5-11H2,1-4H3. The van der Waals surface area contributed by atoms with E-state index in [0.717, 1.165) is 45.7 Å². The van der Waals surface area contributed by atoms with E-state index in [1.165, 1.54) is 0 Å². The van der Waals surface area contributed by atoms with Gasteiger partial charge in [0.15, 0.2) is 0 Å². The molecule has 0 radical (unpaired) electrons. The number of nitrogens with one attached hydrogen (secondary N) is 1. The molecule has 1 unspecified atom stereocenters. The van der Waals surface area contributed by atoms with Crippen LogP contribution < -0.4 is 5.32 Å². The molecule has 17 heavy (non-hydrogen) atoms. The summed E-state index contributed by atoms with van der Waals surface area (Å²) >= 11 is 0. The van der Waals surface area contributed by atoms with Gasteiger partial charge in [-0.25, -0.2) is 0 Å². The van der Waals surface area contributed by atoms with E-state index < -0.39 is 0 Å². The lowest BCUT2D eigenvalue weighted by atomic mass is 9.94. The molecule has 1 heterocycles. The van der Waals surface area contributed by atoms with Crippen molar-refractivity contribution in [1.29, 1.82) is 0 Å². The Bertz CT molecular complexity index is 210. The minimum Gasteiger partial charge on any atom is -0.383 e. The lowest BCUT2D eigenvalue weighted by Gasteiger charge is -2.36. The Labute approximate surface area is 106 Å². The Hall–Kier alpha value is -0.160. The van der Waals surface area contributed by atoms with E-state index in [2.05, 4.69) is 31.1 Å². The van der Waals surface area contributed by atoms with E-state index >= 15 is 0 Å². The van der Waals surface area contributed by atoms with Gasteiger partial charge in [0.05, 0.1) is 12.2 Å². The summed E-state index contributed by atoms with van der Waals surface area (Å²) in [5, 5.41) is 3.62. The average molecular weight is 244 g/mol. The van der Waals surface area contributed by atoms with Crippen LogP contribution in [0.1, 0.15) is 26.7 Å². The van der Waals surface area contributed by atoms with Crippen LogP contribution in [0, 0.1) is 0 Å². The molecule has 0 aromatic heterocycles. The van der Waals surface area contributed by atoms with Gasteiger partial charge < -0.3 is 19.7 Å². The highest BCUT2D eigenvalue weighted by Crippen LogP contribution is 2.23. The van der Waals surface area contributed by atoms with Crippen LogP contribution in [0.5, 0.6) is 0 Å². The number of hydrogen-bond donors (Lipinski definition) is 1. The van der Waals surface area contributed by atoms with E-state index in [1.54, 1.807) is 7.11 Å². The fourth-order valence-electron chi connectivity index (χ4n) is 2.22. The van der Waals surface area contributed by atoms with Crippen LogP contribution in [0.3, 0.4) is 0 Å². The Morgan fingerprint density at radius 1 is 1.41 bits per heavy atom. The first-order valence-electron chi connectivity index (χ1n) is 6.58. The molecule has 1 N–H and O–H groups in total. The molecule has 1 rings (SSSR count). The summed E-state index contributed by atoms with van der Waals surface area (Å²) in [5.74, 6) is 0. The minimum atomic E-state index is 0.0396. The molecule has 0 saturated carbocycles. The summed E-state index contributed by atoms with van der Waals surface area (Å²) in [5.41, 5.74) is 0.0396. The largest absolute Gasteiger partial charge is 0.383 e. The van der Waals surface area contributed by atoms with Crippen molar-refractivity contribution in [3.8, 4) is 0 Å². The van der Waals surface area contributed by atoms with Gasteiger partial charge in [0.2, 0.25) is 0 Å². The predicted octanol–water partition coefficient (Wildman–Crippen LogP) is 1.11. The first kappa shape index (κ1) is 14.9. The van der Waals surface area contributed by atoms with Crippen LogP contribution in [0.4, 0.5) is 0 Å². The second-order valence-corrected chi connectivity index (χ2v) is 5.55. The number of rotatable bonds is 7. The topological polar surface area (TPSA) is 33.7 Å². The van der Waals surface area contributed by atoms with Gasteiger partial charge in [0.1, 0.15) is 0 Å². The van der Waals surface area contributed by atoms with Crippen molar-refractivity contribution in [2.45, 2.75) is 38.3 Å². The molecule has 1 fully saturated rings. The highest BCUT2D eigenvalue weighted by atomic mass is 16.5. The molecule has 1 saturated heterocycles. The van der Waals surface area contributed by atoms with Gasteiger partial charge in [-0.1, -0.05) is 0 Å². The summed E-state index contributed by atoms with van der Waals surface area (Å²) in [6.07, 6.45) is 2.24. The average Bonchev–Trinajstić information content (AvgIpc) is 2.25. The molecule has 4 nitrogen and oxygen atoms in total. The monoisotopic (exact) mass is 244 g/mol. The lowest BCUT2D eigenvalue weighted by molar-refractivity contribution is -0.0629. The van der Waals surface area contributed by atoms with Crippen molar-refractivity contribution >= 4 is 0 Å². The molecule has 1 atom stereocenters. The molecular weight excluding hydrogens is 216 g/mol. The van der Waals surface area contributed by atoms with Crippen LogP contribution in [-0.2, 0) is 9.47 Å². The normalized spacial score (nSPS) is 24.2. The highest BCUT2D eigenvalue weighted by Gasteiger charge is 2.28. The van der Waals surface area contributed by atoms with Gasteiger partial charge in [-0.05, 0) is 33.7 Å². The molecule has 102 valence electrons. The third-order valence-electron chi connectivity index (χ3n) is 3.30. The molecular formula is C13H28N2O2. The molecule has 0 aromatic rings. The maximum Gasteiger partial charge on any atom is 0.0641 e. The van der Waals surface area contributed by atoms with Gasteiger partial charge in [-0.15, -0.1) is 0 Å². The first-order valence-corrected chi connectivity index (χ1v) is 6.58. The van der Waals surface area contributed by atoms with Crippen molar-refractivity contribution in [3.05, 3.63) is 0 Å². The Morgan fingerprint density at radius 3 is 2.82 bits per heavy atom. The zero-order valence-electron chi connectivity index (χ0n) is 11.8. The highest BCUT2D eigenvalue weighted by molar-refractivity contribution is 4.82. The van der Waals surface area contributed by atoms with Crippen LogP contribution in [0.15, 0.2) is 0 Å². The Balaban J connectivity index is 2.09. The molecule has 1 aliphatic heterocycles. The van der Waals surface area contributed by atoms with E-state index in [-0.39, 0.29) is 5.60 Å². The van der Waals surface area contributed by atoms with Gasteiger partial charge >= 0.3 is 0 Å².